The topological polar surface area (TPSA) is 39.1 Å². The first-order valence-electron chi connectivity index (χ1n) is 6.48. The lowest BCUT2D eigenvalue weighted by atomic mass is 10.1. The summed E-state index contributed by atoms with van der Waals surface area (Å²) in [6.45, 7) is 4.17. The number of rotatable bonds is 5. The fourth-order valence-electron chi connectivity index (χ4n) is 2.16. The van der Waals surface area contributed by atoms with Gasteiger partial charge < -0.3 is 10.1 Å². The molecule has 0 aliphatic heterocycles. The lowest BCUT2D eigenvalue weighted by molar-refractivity contribution is 0.414. The molecule has 1 unspecified atom stereocenters. The van der Waals surface area contributed by atoms with Gasteiger partial charge in [0.1, 0.15) is 11.6 Å². The zero-order chi connectivity index (χ0) is 13.8. The van der Waals surface area contributed by atoms with Gasteiger partial charge in [-0.15, -0.1) is 0 Å². The van der Waals surface area contributed by atoms with Crippen molar-refractivity contribution in [3.05, 3.63) is 41.6 Å². The Balaban J connectivity index is 1.96. The Labute approximate surface area is 114 Å². The van der Waals surface area contributed by atoms with E-state index in [-0.39, 0.29) is 0 Å². The predicted octanol–water partition coefficient (Wildman–Crippen LogP) is 2.78. The van der Waals surface area contributed by atoms with Gasteiger partial charge in [0.25, 0.3) is 0 Å². The number of nitrogens with one attached hydrogen (secondary N) is 1. The van der Waals surface area contributed by atoms with Crippen LogP contribution in [0.4, 0.5) is 5.82 Å². The third-order valence-corrected chi connectivity index (χ3v) is 3.10. The highest BCUT2D eigenvalue weighted by Crippen LogP contribution is 2.15. The average Bonchev–Trinajstić information content (AvgIpc) is 2.68. The van der Waals surface area contributed by atoms with Crippen LogP contribution >= 0.6 is 0 Å². The van der Waals surface area contributed by atoms with E-state index in [4.69, 9.17) is 4.74 Å². The molecular formula is C15H21N3O. The number of methoxy groups -OCH3 is 1. The molecule has 0 saturated carbocycles. The maximum atomic E-state index is 5.16. The summed E-state index contributed by atoms with van der Waals surface area (Å²) in [5.41, 5.74) is 2.32. The zero-order valence-corrected chi connectivity index (χ0v) is 12.0. The first-order valence-corrected chi connectivity index (χ1v) is 6.48. The predicted molar refractivity (Wildman–Crippen MR) is 77.7 cm³/mol. The van der Waals surface area contributed by atoms with Crippen molar-refractivity contribution in [2.75, 3.05) is 12.4 Å². The van der Waals surface area contributed by atoms with E-state index in [1.807, 2.05) is 30.8 Å². The highest BCUT2D eigenvalue weighted by Gasteiger charge is 2.07. The lowest BCUT2D eigenvalue weighted by Gasteiger charge is -2.15. The summed E-state index contributed by atoms with van der Waals surface area (Å²) in [7, 11) is 3.64. The van der Waals surface area contributed by atoms with E-state index in [9.17, 15) is 0 Å². The molecule has 0 amide bonds. The van der Waals surface area contributed by atoms with Crippen LogP contribution in [-0.4, -0.2) is 22.9 Å². The van der Waals surface area contributed by atoms with E-state index in [1.165, 1.54) is 5.56 Å². The van der Waals surface area contributed by atoms with Crippen LogP contribution in [0.25, 0.3) is 0 Å². The molecule has 0 spiro atoms. The smallest absolute Gasteiger partial charge is 0.124 e. The van der Waals surface area contributed by atoms with Crippen molar-refractivity contribution in [3.63, 3.8) is 0 Å². The van der Waals surface area contributed by atoms with Crippen molar-refractivity contribution in [2.45, 2.75) is 26.3 Å². The van der Waals surface area contributed by atoms with Crippen LogP contribution in [0.15, 0.2) is 30.3 Å². The molecule has 1 aromatic carbocycles. The molecule has 1 aromatic heterocycles. The number of aryl methyl sites for hydroxylation is 2. The molecule has 2 aromatic rings. The van der Waals surface area contributed by atoms with Gasteiger partial charge in [-0.1, -0.05) is 12.1 Å². The summed E-state index contributed by atoms with van der Waals surface area (Å²) in [5, 5.41) is 7.81. The van der Waals surface area contributed by atoms with Crippen molar-refractivity contribution >= 4 is 5.82 Å². The molecule has 4 nitrogen and oxygen atoms in total. The number of aromatic nitrogens is 2. The maximum absolute atomic E-state index is 5.16. The molecular weight excluding hydrogens is 238 g/mol. The van der Waals surface area contributed by atoms with Crippen molar-refractivity contribution in [1.29, 1.82) is 0 Å². The lowest BCUT2D eigenvalue weighted by Crippen LogP contribution is -2.19. The van der Waals surface area contributed by atoms with Crippen molar-refractivity contribution < 1.29 is 4.74 Å². The Morgan fingerprint density at radius 1 is 1.32 bits per heavy atom. The molecule has 0 aliphatic rings. The molecule has 1 heterocycles. The number of anilines is 1. The number of hydrogen-bond acceptors (Lipinski definition) is 3. The van der Waals surface area contributed by atoms with Crippen LogP contribution < -0.4 is 10.1 Å². The highest BCUT2D eigenvalue weighted by molar-refractivity contribution is 5.38. The minimum atomic E-state index is 0.350. The molecule has 102 valence electrons. The fraction of sp³-hybridized carbons (Fsp3) is 0.400. The molecule has 4 heteroatoms. The Morgan fingerprint density at radius 2 is 2.00 bits per heavy atom. The SMILES string of the molecule is COc1ccc(CC(C)Nc2cc(C)nn2C)cc1. The van der Waals surface area contributed by atoms with Crippen molar-refractivity contribution in [1.82, 2.24) is 9.78 Å². The van der Waals surface area contributed by atoms with Gasteiger partial charge in [0.05, 0.1) is 12.8 Å². The van der Waals surface area contributed by atoms with Crippen LogP contribution in [0, 0.1) is 6.92 Å². The molecule has 0 saturated heterocycles. The summed E-state index contributed by atoms with van der Waals surface area (Å²) in [5.74, 6) is 1.95. The number of benzene rings is 1. The molecule has 0 radical (unpaired) electrons. The van der Waals surface area contributed by atoms with Gasteiger partial charge in [-0.3, -0.25) is 4.68 Å². The first kappa shape index (κ1) is 13.5. The van der Waals surface area contributed by atoms with Crippen molar-refractivity contribution in [2.24, 2.45) is 7.05 Å². The summed E-state index contributed by atoms with van der Waals surface area (Å²) in [6.07, 6.45) is 0.966. The Kier molecular flexibility index (Phi) is 4.10. The second-order valence-corrected chi connectivity index (χ2v) is 4.89. The second kappa shape index (κ2) is 5.78. The molecule has 0 aliphatic carbocycles. The highest BCUT2D eigenvalue weighted by atomic mass is 16.5. The summed E-state index contributed by atoms with van der Waals surface area (Å²) >= 11 is 0. The van der Waals surface area contributed by atoms with E-state index in [0.717, 1.165) is 23.7 Å². The Bertz CT molecular complexity index is 531. The van der Waals surface area contributed by atoms with Gasteiger partial charge in [-0.25, -0.2) is 0 Å². The van der Waals surface area contributed by atoms with Gasteiger partial charge in [0.2, 0.25) is 0 Å². The second-order valence-electron chi connectivity index (χ2n) is 4.89. The minimum Gasteiger partial charge on any atom is -0.497 e. The molecule has 19 heavy (non-hydrogen) atoms. The molecule has 1 atom stereocenters. The Morgan fingerprint density at radius 3 is 2.53 bits per heavy atom. The maximum Gasteiger partial charge on any atom is 0.124 e. The largest absolute Gasteiger partial charge is 0.497 e. The van der Waals surface area contributed by atoms with Gasteiger partial charge in [0, 0.05) is 19.2 Å². The number of ether oxygens (including phenoxy) is 1. The van der Waals surface area contributed by atoms with E-state index >= 15 is 0 Å². The number of nitrogens with zero attached hydrogens (tertiary/aromatic N) is 2. The zero-order valence-electron chi connectivity index (χ0n) is 12.0. The van der Waals surface area contributed by atoms with Crippen LogP contribution in [0.1, 0.15) is 18.2 Å². The first-order chi connectivity index (χ1) is 9.08. The molecule has 0 bridgehead atoms. The molecule has 1 N–H and O–H groups in total. The minimum absolute atomic E-state index is 0.350. The van der Waals surface area contributed by atoms with E-state index in [1.54, 1.807) is 7.11 Å². The summed E-state index contributed by atoms with van der Waals surface area (Å²) in [4.78, 5) is 0. The molecule has 0 fully saturated rings. The fourth-order valence-corrected chi connectivity index (χ4v) is 2.16. The standard InChI is InChI=1S/C15H21N3O/c1-11(16-15-10-12(2)17-18(15)3)9-13-5-7-14(19-4)8-6-13/h5-8,10-11,16H,9H2,1-4H3. The number of hydrogen-bond donors (Lipinski definition) is 1. The van der Waals surface area contributed by atoms with Crippen LogP contribution in [0.3, 0.4) is 0 Å². The Hall–Kier alpha value is -1.97. The monoisotopic (exact) mass is 259 g/mol. The van der Waals surface area contributed by atoms with E-state index in [0.29, 0.717) is 6.04 Å². The summed E-state index contributed by atoms with van der Waals surface area (Å²) in [6, 6.07) is 10.6. The van der Waals surface area contributed by atoms with Gasteiger partial charge in [-0.05, 0) is 38.0 Å². The molecule has 2 rings (SSSR count). The average molecular weight is 259 g/mol. The normalized spacial score (nSPS) is 12.2. The van der Waals surface area contributed by atoms with Crippen LogP contribution in [0.5, 0.6) is 5.75 Å². The van der Waals surface area contributed by atoms with Gasteiger partial charge in [-0.2, -0.15) is 5.10 Å². The van der Waals surface area contributed by atoms with Gasteiger partial charge >= 0.3 is 0 Å². The third kappa shape index (κ3) is 3.50. The van der Waals surface area contributed by atoms with E-state index < -0.39 is 0 Å². The third-order valence-electron chi connectivity index (χ3n) is 3.10. The van der Waals surface area contributed by atoms with Crippen LogP contribution in [-0.2, 0) is 13.5 Å². The quantitative estimate of drug-likeness (QED) is 0.897. The van der Waals surface area contributed by atoms with Crippen molar-refractivity contribution in [3.8, 4) is 5.75 Å². The van der Waals surface area contributed by atoms with Crippen LogP contribution in [0.2, 0.25) is 0 Å². The summed E-state index contributed by atoms with van der Waals surface area (Å²) < 4.78 is 7.04. The van der Waals surface area contributed by atoms with Gasteiger partial charge in [0.15, 0.2) is 0 Å². The van der Waals surface area contributed by atoms with E-state index in [2.05, 4.69) is 35.5 Å².